The van der Waals surface area contributed by atoms with Crippen LogP contribution in [0.25, 0.3) is 0 Å². The van der Waals surface area contributed by atoms with Gasteiger partial charge in [0.1, 0.15) is 5.75 Å². The smallest absolute Gasteiger partial charge is 0.119 e. The monoisotopic (exact) mass is 262 g/mol. The molecule has 1 aliphatic carbocycles. The summed E-state index contributed by atoms with van der Waals surface area (Å²) in [5.74, 6) is 1.87. The first kappa shape index (κ1) is 14.4. The summed E-state index contributed by atoms with van der Waals surface area (Å²) < 4.78 is 5.32. The molecule has 0 aromatic heterocycles. The van der Waals surface area contributed by atoms with Gasteiger partial charge in [0.05, 0.1) is 13.2 Å². The molecule has 1 N–H and O–H groups in total. The molecule has 1 aromatic rings. The maximum Gasteiger partial charge on any atom is 0.119 e. The Labute approximate surface area is 116 Å². The van der Waals surface area contributed by atoms with Crippen LogP contribution in [-0.2, 0) is 5.41 Å². The molecule has 19 heavy (non-hydrogen) atoms. The minimum atomic E-state index is -0.190. The van der Waals surface area contributed by atoms with Crippen LogP contribution >= 0.6 is 0 Å². The average Bonchev–Trinajstić information content (AvgIpc) is 2.38. The van der Waals surface area contributed by atoms with Crippen molar-refractivity contribution in [3.8, 4) is 5.75 Å². The zero-order chi connectivity index (χ0) is 14.0. The summed E-state index contributed by atoms with van der Waals surface area (Å²) in [6.07, 6.45) is 3.06. The van der Waals surface area contributed by atoms with E-state index in [0.29, 0.717) is 11.8 Å². The van der Waals surface area contributed by atoms with Crippen LogP contribution in [0.2, 0.25) is 0 Å². The van der Waals surface area contributed by atoms with Gasteiger partial charge >= 0.3 is 0 Å². The van der Waals surface area contributed by atoms with E-state index in [2.05, 4.69) is 32.9 Å². The zero-order valence-corrected chi connectivity index (χ0v) is 12.5. The molecule has 1 fully saturated rings. The second-order valence-electron chi connectivity index (χ2n) is 6.55. The molecule has 1 saturated carbocycles. The molecule has 3 atom stereocenters. The Hall–Kier alpha value is -1.02. The van der Waals surface area contributed by atoms with Crippen LogP contribution in [0.4, 0.5) is 0 Å². The van der Waals surface area contributed by atoms with Gasteiger partial charge in [-0.1, -0.05) is 39.3 Å². The minimum absolute atomic E-state index is 0.0197. The van der Waals surface area contributed by atoms with E-state index in [9.17, 15) is 5.11 Å². The number of methoxy groups -OCH3 is 1. The normalized spacial score (nSPS) is 28.2. The standard InChI is InChI=1S/C17H26O2/c1-12-8-9-15(16(18)10-12)17(2,3)13-6-5-7-14(11-13)19-4/h5-7,11-12,15-16,18H,8-10H2,1-4H3. The van der Waals surface area contributed by atoms with Gasteiger partial charge in [0, 0.05) is 0 Å². The predicted molar refractivity (Wildman–Crippen MR) is 78.5 cm³/mol. The highest BCUT2D eigenvalue weighted by Gasteiger charge is 2.39. The highest BCUT2D eigenvalue weighted by atomic mass is 16.5. The van der Waals surface area contributed by atoms with E-state index < -0.39 is 0 Å². The van der Waals surface area contributed by atoms with Crippen LogP contribution < -0.4 is 4.74 Å². The van der Waals surface area contributed by atoms with Gasteiger partial charge in [0.25, 0.3) is 0 Å². The average molecular weight is 262 g/mol. The van der Waals surface area contributed by atoms with E-state index >= 15 is 0 Å². The molecule has 0 amide bonds. The Kier molecular flexibility index (Phi) is 4.19. The predicted octanol–water partition coefficient (Wildman–Crippen LogP) is 3.77. The molecule has 0 heterocycles. The summed E-state index contributed by atoms with van der Waals surface area (Å²) in [6, 6.07) is 8.25. The molecular formula is C17H26O2. The lowest BCUT2D eigenvalue weighted by molar-refractivity contribution is 0.0143. The number of aliphatic hydroxyl groups is 1. The summed E-state index contributed by atoms with van der Waals surface area (Å²) >= 11 is 0. The second-order valence-corrected chi connectivity index (χ2v) is 6.55. The van der Waals surface area contributed by atoms with Gasteiger partial charge in [0.2, 0.25) is 0 Å². The van der Waals surface area contributed by atoms with Crippen molar-refractivity contribution in [3.05, 3.63) is 29.8 Å². The first-order valence-electron chi connectivity index (χ1n) is 7.27. The number of ether oxygens (including phenoxy) is 1. The molecule has 0 bridgehead atoms. The molecule has 1 aliphatic rings. The van der Waals surface area contributed by atoms with Crippen molar-refractivity contribution in [3.63, 3.8) is 0 Å². The third-order valence-corrected chi connectivity index (χ3v) is 4.82. The fourth-order valence-corrected chi connectivity index (χ4v) is 3.43. The molecule has 3 unspecified atom stereocenters. The molecule has 2 nitrogen and oxygen atoms in total. The molecule has 0 radical (unpaired) electrons. The van der Waals surface area contributed by atoms with E-state index in [1.165, 1.54) is 12.0 Å². The van der Waals surface area contributed by atoms with Crippen molar-refractivity contribution in [1.29, 1.82) is 0 Å². The second kappa shape index (κ2) is 5.54. The summed E-state index contributed by atoms with van der Waals surface area (Å²) in [5, 5.41) is 10.4. The van der Waals surface area contributed by atoms with Crippen molar-refractivity contribution in [2.24, 2.45) is 11.8 Å². The Bertz CT molecular complexity index is 425. The number of aliphatic hydroxyl groups excluding tert-OH is 1. The first-order valence-corrected chi connectivity index (χ1v) is 7.27. The number of hydrogen-bond acceptors (Lipinski definition) is 2. The summed E-state index contributed by atoms with van der Waals surface area (Å²) in [7, 11) is 1.70. The highest BCUT2D eigenvalue weighted by molar-refractivity contribution is 5.34. The lowest BCUT2D eigenvalue weighted by atomic mass is 9.64. The van der Waals surface area contributed by atoms with Crippen LogP contribution in [0, 0.1) is 11.8 Å². The number of rotatable bonds is 3. The largest absolute Gasteiger partial charge is 0.497 e. The fourth-order valence-electron chi connectivity index (χ4n) is 3.43. The molecule has 0 saturated heterocycles. The van der Waals surface area contributed by atoms with E-state index in [1.807, 2.05) is 12.1 Å². The molecular weight excluding hydrogens is 236 g/mol. The number of hydrogen-bond donors (Lipinski definition) is 1. The Morgan fingerprint density at radius 3 is 2.63 bits per heavy atom. The lowest BCUT2D eigenvalue weighted by Crippen LogP contribution is -2.41. The molecule has 2 heteroatoms. The summed E-state index contributed by atoms with van der Waals surface area (Å²) in [4.78, 5) is 0. The maximum atomic E-state index is 10.4. The van der Waals surface area contributed by atoms with Crippen molar-refractivity contribution in [2.75, 3.05) is 7.11 Å². The van der Waals surface area contributed by atoms with Crippen molar-refractivity contribution >= 4 is 0 Å². The molecule has 2 rings (SSSR count). The summed E-state index contributed by atoms with van der Waals surface area (Å²) in [5.41, 5.74) is 1.24. The fraction of sp³-hybridized carbons (Fsp3) is 0.647. The molecule has 0 spiro atoms. The first-order chi connectivity index (χ1) is 8.95. The zero-order valence-electron chi connectivity index (χ0n) is 12.5. The van der Waals surface area contributed by atoms with E-state index in [4.69, 9.17) is 4.74 Å². The molecule has 1 aromatic carbocycles. The molecule has 0 aliphatic heterocycles. The highest BCUT2D eigenvalue weighted by Crippen LogP contribution is 2.42. The quantitative estimate of drug-likeness (QED) is 0.898. The SMILES string of the molecule is COc1cccc(C(C)(C)C2CCC(C)CC2O)c1. The third kappa shape index (κ3) is 2.94. The van der Waals surface area contributed by atoms with Crippen molar-refractivity contribution in [2.45, 2.75) is 51.6 Å². The van der Waals surface area contributed by atoms with E-state index in [1.54, 1.807) is 7.11 Å². The van der Waals surface area contributed by atoms with Crippen molar-refractivity contribution < 1.29 is 9.84 Å². The van der Waals surface area contributed by atoms with E-state index in [-0.39, 0.29) is 11.5 Å². The van der Waals surface area contributed by atoms with Gasteiger partial charge in [0.15, 0.2) is 0 Å². The topological polar surface area (TPSA) is 29.5 Å². The van der Waals surface area contributed by atoms with Crippen LogP contribution in [0.1, 0.15) is 45.6 Å². The minimum Gasteiger partial charge on any atom is -0.497 e. The van der Waals surface area contributed by atoms with Gasteiger partial charge in [-0.05, 0) is 47.8 Å². The third-order valence-electron chi connectivity index (χ3n) is 4.82. The lowest BCUT2D eigenvalue weighted by Gasteiger charge is -2.42. The van der Waals surface area contributed by atoms with Gasteiger partial charge in [-0.3, -0.25) is 0 Å². The number of benzene rings is 1. The van der Waals surface area contributed by atoms with Crippen molar-refractivity contribution in [1.82, 2.24) is 0 Å². The van der Waals surface area contributed by atoms with Gasteiger partial charge < -0.3 is 9.84 Å². The van der Waals surface area contributed by atoms with Gasteiger partial charge in [-0.2, -0.15) is 0 Å². The van der Waals surface area contributed by atoms with Crippen LogP contribution in [0.3, 0.4) is 0 Å². The van der Waals surface area contributed by atoms with E-state index in [0.717, 1.165) is 18.6 Å². The maximum absolute atomic E-state index is 10.4. The Morgan fingerprint density at radius 1 is 1.26 bits per heavy atom. The van der Waals surface area contributed by atoms with Crippen LogP contribution in [0.15, 0.2) is 24.3 Å². The molecule has 106 valence electrons. The summed E-state index contributed by atoms with van der Waals surface area (Å²) in [6.45, 7) is 6.72. The van der Waals surface area contributed by atoms with Gasteiger partial charge in [-0.15, -0.1) is 0 Å². The van der Waals surface area contributed by atoms with Crippen LogP contribution in [0.5, 0.6) is 5.75 Å². The Morgan fingerprint density at radius 2 is 2.00 bits per heavy atom. The van der Waals surface area contributed by atoms with Crippen LogP contribution in [-0.4, -0.2) is 18.3 Å². The Balaban J connectivity index is 2.25. The van der Waals surface area contributed by atoms with Gasteiger partial charge in [-0.25, -0.2) is 0 Å².